The Kier molecular flexibility index (Phi) is 7.36. The SMILES string of the molecule is Cl.O=C(NC1CCN(C(=O)C2CCCCC2)C1)c1ccc2c(c1)CCNCC2. The van der Waals surface area contributed by atoms with Crippen molar-refractivity contribution < 1.29 is 9.59 Å². The van der Waals surface area contributed by atoms with Crippen molar-refractivity contribution in [2.24, 2.45) is 5.92 Å². The highest BCUT2D eigenvalue weighted by Gasteiger charge is 2.32. The summed E-state index contributed by atoms with van der Waals surface area (Å²) in [5, 5.41) is 6.56. The van der Waals surface area contributed by atoms with E-state index >= 15 is 0 Å². The Morgan fingerprint density at radius 3 is 2.54 bits per heavy atom. The Balaban J connectivity index is 0.00000225. The molecule has 0 radical (unpaired) electrons. The molecular weight excluding hydrogens is 374 g/mol. The van der Waals surface area contributed by atoms with Crippen LogP contribution in [-0.4, -0.2) is 48.9 Å². The summed E-state index contributed by atoms with van der Waals surface area (Å²) >= 11 is 0. The molecule has 1 saturated carbocycles. The number of hydrogen-bond donors (Lipinski definition) is 2. The first-order valence-electron chi connectivity index (χ1n) is 10.6. The Morgan fingerprint density at radius 1 is 1.00 bits per heavy atom. The van der Waals surface area contributed by atoms with Gasteiger partial charge in [-0.3, -0.25) is 9.59 Å². The Hall–Kier alpha value is -1.59. The van der Waals surface area contributed by atoms with Crippen LogP contribution >= 0.6 is 12.4 Å². The maximum Gasteiger partial charge on any atom is 0.251 e. The van der Waals surface area contributed by atoms with Gasteiger partial charge in [0, 0.05) is 30.6 Å². The van der Waals surface area contributed by atoms with Gasteiger partial charge in [0.1, 0.15) is 0 Å². The number of halogens is 1. The molecule has 3 aliphatic rings. The standard InChI is InChI=1S/C22H31N3O2.ClH/c26-21(19-7-6-16-8-11-23-12-9-18(16)14-19)24-20-10-13-25(15-20)22(27)17-4-2-1-3-5-17;/h6-7,14,17,20,23H,1-5,8-13,15H2,(H,24,26);1H. The predicted octanol–water partition coefficient (Wildman–Crippen LogP) is 2.71. The van der Waals surface area contributed by atoms with E-state index in [9.17, 15) is 9.59 Å². The van der Waals surface area contributed by atoms with Gasteiger partial charge in [0.05, 0.1) is 0 Å². The van der Waals surface area contributed by atoms with Crippen LogP contribution in [0.15, 0.2) is 18.2 Å². The summed E-state index contributed by atoms with van der Waals surface area (Å²) in [7, 11) is 0. The lowest BCUT2D eigenvalue weighted by Gasteiger charge is -2.26. The van der Waals surface area contributed by atoms with Crippen LogP contribution < -0.4 is 10.6 Å². The van der Waals surface area contributed by atoms with E-state index in [2.05, 4.69) is 22.8 Å². The largest absolute Gasteiger partial charge is 0.347 e. The molecule has 2 N–H and O–H groups in total. The van der Waals surface area contributed by atoms with Gasteiger partial charge in [-0.2, -0.15) is 0 Å². The van der Waals surface area contributed by atoms with Gasteiger partial charge >= 0.3 is 0 Å². The molecule has 0 spiro atoms. The Labute approximate surface area is 174 Å². The highest BCUT2D eigenvalue weighted by atomic mass is 35.5. The lowest BCUT2D eigenvalue weighted by molar-refractivity contribution is -0.135. The fourth-order valence-electron chi connectivity index (χ4n) is 4.77. The third kappa shape index (κ3) is 4.87. The number of benzene rings is 1. The monoisotopic (exact) mass is 405 g/mol. The molecule has 2 heterocycles. The zero-order chi connectivity index (χ0) is 18.6. The minimum atomic E-state index is -0.00743. The van der Waals surface area contributed by atoms with Crippen molar-refractivity contribution in [1.82, 2.24) is 15.5 Å². The molecule has 0 bridgehead atoms. The maximum absolute atomic E-state index is 12.7. The minimum Gasteiger partial charge on any atom is -0.347 e. The Bertz CT molecular complexity index is 703. The van der Waals surface area contributed by atoms with Crippen LogP contribution in [0.1, 0.15) is 60.0 Å². The second-order valence-electron chi connectivity index (χ2n) is 8.31. The molecule has 1 atom stereocenters. The zero-order valence-corrected chi connectivity index (χ0v) is 17.4. The van der Waals surface area contributed by atoms with Crippen molar-refractivity contribution in [3.05, 3.63) is 34.9 Å². The number of nitrogens with zero attached hydrogens (tertiary/aromatic N) is 1. The second kappa shape index (κ2) is 9.75. The van der Waals surface area contributed by atoms with Crippen molar-refractivity contribution in [1.29, 1.82) is 0 Å². The molecule has 2 fully saturated rings. The molecule has 28 heavy (non-hydrogen) atoms. The van der Waals surface area contributed by atoms with Crippen molar-refractivity contribution in [2.45, 2.75) is 57.4 Å². The highest BCUT2D eigenvalue weighted by molar-refractivity contribution is 5.94. The van der Waals surface area contributed by atoms with Crippen molar-refractivity contribution in [2.75, 3.05) is 26.2 Å². The van der Waals surface area contributed by atoms with Crippen molar-refractivity contribution in [3.63, 3.8) is 0 Å². The number of rotatable bonds is 3. The third-order valence-electron chi connectivity index (χ3n) is 6.40. The van der Waals surface area contributed by atoms with Crippen LogP contribution in [0.2, 0.25) is 0 Å². The van der Waals surface area contributed by atoms with E-state index in [-0.39, 0.29) is 30.3 Å². The molecule has 2 amide bonds. The number of likely N-dealkylation sites (tertiary alicyclic amines) is 1. The van der Waals surface area contributed by atoms with E-state index in [4.69, 9.17) is 0 Å². The van der Waals surface area contributed by atoms with E-state index in [0.717, 1.165) is 57.3 Å². The van der Waals surface area contributed by atoms with Gasteiger partial charge in [-0.25, -0.2) is 0 Å². The molecule has 1 unspecified atom stereocenters. The molecule has 1 aromatic carbocycles. The van der Waals surface area contributed by atoms with Crippen LogP contribution in [-0.2, 0) is 17.6 Å². The van der Waals surface area contributed by atoms with E-state index < -0.39 is 0 Å². The fourth-order valence-corrected chi connectivity index (χ4v) is 4.77. The first kappa shape index (κ1) is 21.1. The number of amides is 2. The molecule has 4 rings (SSSR count). The van der Waals surface area contributed by atoms with Gasteiger partial charge in [0.2, 0.25) is 5.91 Å². The van der Waals surface area contributed by atoms with Gasteiger partial charge in [-0.15, -0.1) is 12.4 Å². The van der Waals surface area contributed by atoms with Gasteiger partial charge in [0.25, 0.3) is 5.91 Å². The van der Waals surface area contributed by atoms with Gasteiger partial charge in [-0.05, 0) is 68.5 Å². The second-order valence-corrected chi connectivity index (χ2v) is 8.31. The number of carbonyl (C=O) groups excluding carboxylic acids is 2. The summed E-state index contributed by atoms with van der Waals surface area (Å²) in [6, 6.07) is 6.17. The smallest absolute Gasteiger partial charge is 0.251 e. The van der Waals surface area contributed by atoms with Crippen molar-refractivity contribution >= 4 is 24.2 Å². The topological polar surface area (TPSA) is 61.4 Å². The average molecular weight is 406 g/mol. The molecule has 6 heteroatoms. The summed E-state index contributed by atoms with van der Waals surface area (Å²) in [6.45, 7) is 3.41. The summed E-state index contributed by atoms with van der Waals surface area (Å²) in [6.07, 6.45) is 8.56. The third-order valence-corrected chi connectivity index (χ3v) is 6.40. The summed E-state index contributed by atoms with van der Waals surface area (Å²) in [5.74, 6) is 0.516. The lowest BCUT2D eigenvalue weighted by atomic mass is 9.88. The van der Waals surface area contributed by atoms with E-state index in [0.29, 0.717) is 12.5 Å². The number of nitrogens with one attached hydrogen (secondary N) is 2. The molecule has 1 aliphatic carbocycles. The highest BCUT2D eigenvalue weighted by Crippen LogP contribution is 2.27. The number of carbonyl (C=O) groups is 2. The lowest BCUT2D eigenvalue weighted by Crippen LogP contribution is -2.40. The zero-order valence-electron chi connectivity index (χ0n) is 16.5. The minimum absolute atomic E-state index is 0. The molecule has 0 aromatic heterocycles. The van der Waals surface area contributed by atoms with Gasteiger partial charge < -0.3 is 15.5 Å². The van der Waals surface area contributed by atoms with Gasteiger partial charge in [0.15, 0.2) is 0 Å². The van der Waals surface area contributed by atoms with Crippen LogP contribution in [0.4, 0.5) is 0 Å². The van der Waals surface area contributed by atoms with E-state index in [1.165, 1.54) is 30.4 Å². The number of hydrogen-bond acceptors (Lipinski definition) is 3. The first-order valence-corrected chi connectivity index (χ1v) is 10.6. The van der Waals surface area contributed by atoms with Crippen LogP contribution in [0.5, 0.6) is 0 Å². The average Bonchev–Trinajstić information content (AvgIpc) is 3.03. The molecule has 154 valence electrons. The predicted molar refractivity (Wildman–Crippen MR) is 113 cm³/mol. The molecule has 1 aromatic rings. The molecule has 1 saturated heterocycles. The maximum atomic E-state index is 12.7. The molecule has 2 aliphatic heterocycles. The number of fused-ring (bicyclic) bond motifs is 1. The van der Waals surface area contributed by atoms with E-state index in [1.807, 2.05) is 11.0 Å². The first-order chi connectivity index (χ1) is 13.2. The fraction of sp³-hybridized carbons (Fsp3) is 0.636. The van der Waals surface area contributed by atoms with Crippen LogP contribution in [0.25, 0.3) is 0 Å². The van der Waals surface area contributed by atoms with Crippen LogP contribution in [0.3, 0.4) is 0 Å². The summed E-state index contributed by atoms with van der Waals surface area (Å²) < 4.78 is 0. The van der Waals surface area contributed by atoms with Crippen molar-refractivity contribution in [3.8, 4) is 0 Å². The quantitative estimate of drug-likeness (QED) is 0.812. The Morgan fingerprint density at radius 2 is 1.75 bits per heavy atom. The normalized spacial score (nSPS) is 22.7. The summed E-state index contributed by atoms with van der Waals surface area (Å²) in [4.78, 5) is 27.4. The van der Waals surface area contributed by atoms with Crippen LogP contribution in [0, 0.1) is 5.92 Å². The summed E-state index contributed by atoms with van der Waals surface area (Å²) in [5.41, 5.74) is 3.38. The van der Waals surface area contributed by atoms with Gasteiger partial charge in [-0.1, -0.05) is 25.3 Å². The molecular formula is C22H32ClN3O2. The van der Waals surface area contributed by atoms with E-state index in [1.54, 1.807) is 0 Å². The molecule has 5 nitrogen and oxygen atoms in total.